The molecule has 0 atom stereocenters. The average molecular weight is 362 g/mol. The molecular formula is C20H18N4O3. The maximum atomic E-state index is 12.4. The van der Waals surface area contributed by atoms with Crippen LogP contribution in [0.1, 0.15) is 5.56 Å². The lowest BCUT2D eigenvalue weighted by molar-refractivity contribution is -0.112. The minimum Gasteiger partial charge on any atom is -0.497 e. The Morgan fingerprint density at radius 1 is 1.11 bits per heavy atom. The van der Waals surface area contributed by atoms with Gasteiger partial charge in [0.25, 0.3) is 5.91 Å². The molecule has 1 N–H and O–H groups in total. The Hall–Kier alpha value is -3.79. The number of hydrogen-bond acceptors (Lipinski definition) is 4. The van der Waals surface area contributed by atoms with Crippen molar-refractivity contribution in [2.75, 3.05) is 12.4 Å². The Bertz CT molecular complexity index is 1140. The van der Waals surface area contributed by atoms with Gasteiger partial charge in [-0.25, -0.2) is 4.79 Å². The molecule has 27 heavy (non-hydrogen) atoms. The van der Waals surface area contributed by atoms with E-state index in [1.165, 1.54) is 10.6 Å². The monoisotopic (exact) mass is 362 g/mol. The number of carbonyl (C=O) groups excluding carboxylic acids is 1. The molecule has 1 heterocycles. The van der Waals surface area contributed by atoms with Crippen LogP contribution in [0.15, 0.2) is 52.8 Å². The number of carbonyl (C=O) groups is 1. The summed E-state index contributed by atoms with van der Waals surface area (Å²) in [6.07, 6.45) is 1.50. The van der Waals surface area contributed by atoms with Crippen molar-refractivity contribution in [1.29, 1.82) is 5.26 Å². The highest BCUT2D eigenvalue weighted by atomic mass is 16.5. The number of amides is 1. The van der Waals surface area contributed by atoms with Gasteiger partial charge in [-0.1, -0.05) is 6.07 Å². The Kier molecular flexibility index (Phi) is 4.81. The van der Waals surface area contributed by atoms with Crippen molar-refractivity contribution in [2.45, 2.75) is 0 Å². The molecule has 0 spiro atoms. The highest BCUT2D eigenvalue weighted by Crippen LogP contribution is 2.18. The second-order valence-corrected chi connectivity index (χ2v) is 6.00. The first-order chi connectivity index (χ1) is 12.9. The number of nitrogens with zero attached hydrogens (tertiary/aromatic N) is 3. The van der Waals surface area contributed by atoms with Crippen LogP contribution in [-0.2, 0) is 18.9 Å². The van der Waals surface area contributed by atoms with Crippen LogP contribution in [0.5, 0.6) is 5.75 Å². The summed E-state index contributed by atoms with van der Waals surface area (Å²) in [5.74, 6) is 0.163. The number of anilines is 1. The minimum absolute atomic E-state index is 0.0360. The number of nitrogens with one attached hydrogen (secondary N) is 1. The third kappa shape index (κ3) is 3.46. The highest BCUT2D eigenvalue weighted by Gasteiger charge is 2.12. The first kappa shape index (κ1) is 18.0. The van der Waals surface area contributed by atoms with E-state index >= 15 is 0 Å². The van der Waals surface area contributed by atoms with Gasteiger partial charge in [0.05, 0.1) is 18.1 Å². The molecule has 1 amide bonds. The molecule has 0 fully saturated rings. The van der Waals surface area contributed by atoms with Gasteiger partial charge in [0.1, 0.15) is 17.4 Å². The van der Waals surface area contributed by atoms with Gasteiger partial charge in [0.15, 0.2) is 0 Å². The van der Waals surface area contributed by atoms with Crippen LogP contribution in [0.25, 0.3) is 17.1 Å². The van der Waals surface area contributed by atoms with E-state index in [0.717, 1.165) is 11.0 Å². The van der Waals surface area contributed by atoms with E-state index < -0.39 is 5.91 Å². The largest absolute Gasteiger partial charge is 0.497 e. The fraction of sp³-hybridized carbons (Fsp3) is 0.150. The lowest BCUT2D eigenvalue weighted by Gasteiger charge is -2.06. The molecule has 0 radical (unpaired) electrons. The van der Waals surface area contributed by atoms with Gasteiger partial charge in [-0.05, 0) is 48.0 Å². The van der Waals surface area contributed by atoms with Gasteiger partial charge in [-0.3, -0.25) is 13.9 Å². The molecular weight excluding hydrogens is 344 g/mol. The predicted octanol–water partition coefficient (Wildman–Crippen LogP) is 2.43. The van der Waals surface area contributed by atoms with Crippen LogP contribution < -0.4 is 15.7 Å². The fourth-order valence-corrected chi connectivity index (χ4v) is 2.80. The van der Waals surface area contributed by atoms with Gasteiger partial charge in [-0.2, -0.15) is 5.26 Å². The molecule has 0 aliphatic heterocycles. The van der Waals surface area contributed by atoms with Crippen LogP contribution in [0.2, 0.25) is 0 Å². The van der Waals surface area contributed by atoms with E-state index in [0.29, 0.717) is 17.0 Å². The number of benzene rings is 2. The Labute approximate surface area is 155 Å². The van der Waals surface area contributed by atoms with E-state index in [1.807, 2.05) is 6.07 Å². The van der Waals surface area contributed by atoms with Crippen molar-refractivity contribution in [2.24, 2.45) is 14.1 Å². The topological polar surface area (TPSA) is 89.1 Å². The number of methoxy groups -OCH3 is 1. The Morgan fingerprint density at radius 3 is 2.41 bits per heavy atom. The molecule has 2 aromatic carbocycles. The quantitative estimate of drug-likeness (QED) is 0.570. The normalized spacial score (nSPS) is 11.3. The van der Waals surface area contributed by atoms with Gasteiger partial charge in [0.2, 0.25) is 0 Å². The summed E-state index contributed by atoms with van der Waals surface area (Å²) in [4.78, 5) is 24.4. The second kappa shape index (κ2) is 7.22. The molecule has 0 saturated heterocycles. The SMILES string of the molecule is COc1ccc(NC(=O)C(C#N)=Cc2ccc3c(c2)n(C)c(=O)n3C)cc1. The standard InChI is InChI=1S/C20H18N4O3/c1-23-17-9-4-13(11-18(17)24(2)20(23)26)10-14(12-21)19(25)22-15-5-7-16(27-3)8-6-15/h4-11H,1-3H3,(H,22,25). The van der Waals surface area contributed by atoms with Crippen molar-refractivity contribution in [1.82, 2.24) is 9.13 Å². The number of aryl methyl sites for hydroxylation is 2. The zero-order valence-corrected chi connectivity index (χ0v) is 15.2. The maximum absolute atomic E-state index is 12.4. The molecule has 0 saturated carbocycles. The van der Waals surface area contributed by atoms with Crippen LogP contribution in [0, 0.1) is 11.3 Å². The lowest BCUT2D eigenvalue weighted by atomic mass is 10.1. The number of hydrogen-bond donors (Lipinski definition) is 1. The van der Waals surface area contributed by atoms with Gasteiger partial charge in [0, 0.05) is 19.8 Å². The summed E-state index contributed by atoms with van der Waals surface area (Å²) < 4.78 is 8.14. The molecule has 7 heteroatoms. The van der Waals surface area contributed by atoms with Crippen molar-refractivity contribution < 1.29 is 9.53 Å². The number of rotatable bonds is 4. The zero-order valence-electron chi connectivity index (χ0n) is 15.2. The van der Waals surface area contributed by atoms with Gasteiger partial charge < -0.3 is 10.1 Å². The molecule has 3 rings (SSSR count). The number of fused-ring (bicyclic) bond motifs is 1. The number of ether oxygens (including phenoxy) is 1. The predicted molar refractivity (Wildman–Crippen MR) is 103 cm³/mol. The molecule has 0 unspecified atom stereocenters. The second-order valence-electron chi connectivity index (χ2n) is 6.00. The lowest BCUT2D eigenvalue weighted by Crippen LogP contribution is -2.19. The summed E-state index contributed by atoms with van der Waals surface area (Å²) in [7, 11) is 4.94. The third-order valence-electron chi connectivity index (χ3n) is 4.32. The maximum Gasteiger partial charge on any atom is 0.328 e. The van der Waals surface area contributed by atoms with E-state index in [9.17, 15) is 14.9 Å². The first-order valence-electron chi connectivity index (χ1n) is 8.17. The van der Waals surface area contributed by atoms with Crippen LogP contribution >= 0.6 is 0 Å². The van der Waals surface area contributed by atoms with Crippen molar-refractivity contribution in [3.8, 4) is 11.8 Å². The summed E-state index contributed by atoms with van der Waals surface area (Å²) in [6, 6.07) is 14.1. The molecule has 0 aliphatic carbocycles. The van der Waals surface area contributed by atoms with Gasteiger partial charge in [-0.15, -0.1) is 0 Å². The van der Waals surface area contributed by atoms with Crippen LogP contribution in [0.4, 0.5) is 5.69 Å². The van der Waals surface area contributed by atoms with Crippen molar-refractivity contribution in [3.05, 3.63) is 64.1 Å². The Balaban J connectivity index is 1.90. The fourth-order valence-electron chi connectivity index (χ4n) is 2.80. The third-order valence-corrected chi connectivity index (χ3v) is 4.32. The number of aromatic nitrogens is 2. The highest BCUT2D eigenvalue weighted by molar-refractivity contribution is 6.09. The number of imidazole rings is 1. The van der Waals surface area contributed by atoms with E-state index in [1.54, 1.807) is 68.2 Å². The molecule has 1 aromatic heterocycles. The molecule has 0 aliphatic rings. The summed E-state index contributed by atoms with van der Waals surface area (Å²) in [5, 5.41) is 12.1. The van der Waals surface area contributed by atoms with Crippen LogP contribution in [-0.4, -0.2) is 22.2 Å². The molecule has 7 nitrogen and oxygen atoms in total. The Morgan fingerprint density at radius 2 is 1.78 bits per heavy atom. The molecule has 136 valence electrons. The van der Waals surface area contributed by atoms with E-state index in [-0.39, 0.29) is 11.3 Å². The van der Waals surface area contributed by atoms with E-state index in [4.69, 9.17) is 4.74 Å². The molecule has 3 aromatic rings. The van der Waals surface area contributed by atoms with Crippen molar-refractivity contribution >= 4 is 28.7 Å². The summed E-state index contributed by atoms with van der Waals surface area (Å²) >= 11 is 0. The van der Waals surface area contributed by atoms with Crippen molar-refractivity contribution in [3.63, 3.8) is 0 Å². The summed E-state index contributed by atoms with van der Waals surface area (Å²) in [5.41, 5.74) is 2.55. The average Bonchev–Trinajstić information content (AvgIpc) is 2.90. The van der Waals surface area contributed by atoms with Crippen LogP contribution in [0.3, 0.4) is 0 Å². The zero-order chi connectivity index (χ0) is 19.6. The van der Waals surface area contributed by atoms with E-state index in [2.05, 4.69) is 5.32 Å². The van der Waals surface area contributed by atoms with Gasteiger partial charge >= 0.3 is 5.69 Å². The smallest absolute Gasteiger partial charge is 0.328 e. The molecule has 0 bridgehead atoms. The first-order valence-corrected chi connectivity index (χ1v) is 8.17. The number of nitriles is 1. The summed E-state index contributed by atoms with van der Waals surface area (Å²) in [6.45, 7) is 0. The minimum atomic E-state index is -0.510.